The molecule has 622 valence electrons. The van der Waals surface area contributed by atoms with Crippen molar-refractivity contribution in [2.45, 2.75) is 147 Å². The van der Waals surface area contributed by atoms with Gasteiger partial charge in [-0.05, 0) is 189 Å². The van der Waals surface area contributed by atoms with Gasteiger partial charge in [0.15, 0.2) is 11.5 Å². The summed E-state index contributed by atoms with van der Waals surface area (Å²) in [5, 5.41) is 10.1. The highest BCUT2D eigenvalue weighted by molar-refractivity contribution is 5.53. The third kappa shape index (κ3) is 23.7. The molecule has 1 atom stereocenters. The number of hydrogen-bond acceptors (Lipinski definition) is 25. The van der Waals surface area contributed by atoms with E-state index in [0.29, 0.717) is 55.0 Å². The highest BCUT2D eigenvalue weighted by Crippen LogP contribution is 2.39. The minimum Gasteiger partial charge on any atom is -0.502 e. The molecule has 8 aliphatic rings. The Bertz CT molecular complexity index is 4670. The summed E-state index contributed by atoms with van der Waals surface area (Å²) in [6, 6.07) is 26.8. The summed E-state index contributed by atoms with van der Waals surface area (Å²) in [6.45, 7) is 20.3. The number of aromatic nitrogens is 10. The van der Waals surface area contributed by atoms with Gasteiger partial charge in [-0.3, -0.25) is 58.7 Å². The second kappa shape index (κ2) is 42.0. The summed E-state index contributed by atoms with van der Waals surface area (Å²) < 4.78 is 26.7. The van der Waals surface area contributed by atoms with Gasteiger partial charge in [0.2, 0.25) is 35.5 Å². The van der Waals surface area contributed by atoms with Crippen LogP contribution in [0.2, 0.25) is 0 Å². The highest BCUT2D eigenvalue weighted by atomic mass is 16.5. The van der Waals surface area contributed by atoms with Gasteiger partial charge in [-0.25, -0.2) is 29.9 Å². The van der Waals surface area contributed by atoms with Gasteiger partial charge in [-0.1, -0.05) is 37.6 Å². The Balaban J connectivity index is 0.000000142. The molecule has 13 heterocycles. The normalized spacial score (nSPS) is 18.7. The van der Waals surface area contributed by atoms with Crippen LogP contribution in [0.25, 0.3) is 0 Å². The molecule has 8 fully saturated rings. The summed E-state index contributed by atoms with van der Waals surface area (Å²) in [7, 11) is 8.65. The van der Waals surface area contributed by atoms with E-state index in [1.54, 1.807) is 31.4 Å². The number of phenols is 1. The fourth-order valence-corrected chi connectivity index (χ4v) is 16.8. The maximum absolute atomic E-state index is 12.3. The number of morpholine rings is 1. The lowest BCUT2D eigenvalue weighted by Crippen LogP contribution is -2.39. The number of hydrogen-bond donors (Lipinski definition) is 5. The zero-order valence-electron chi connectivity index (χ0n) is 67.6. The van der Waals surface area contributed by atoms with Gasteiger partial charge in [0, 0.05) is 165 Å². The van der Waals surface area contributed by atoms with Crippen LogP contribution in [0.5, 0.6) is 28.7 Å². The average molecular weight is 1590 g/mol. The summed E-state index contributed by atoms with van der Waals surface area (Å²) >= 11 is 0. The topological polar surface area (TPSA) is 304 Å². The van der Waals surface area contributed by atoms with Crippen LogP contribution >= 0.6 is 0 Å². The zero-order chi connectivity index (χ0) is 80.0. The number of nitrogens with one attached hydrogen (secondary N) is 4. The molecule has 29 nitrogen and oxygen atoms in total. The summed E-state index contributed by atoms with van der Waals surface area (Å²) in [6.07, 6.45) is 24.2. The molecule has 0 aliphatic carbocycles. The fourth-order valence-electron chi connectivity index (χ4n) is 16.8. The van der Waals surface area contributed by atoms with Crippen molar-refractivity contribution >= 4 is 29.7 Å². The number of methoxy groups -OCH3 is 3. The number of nitrogens with zero attached hydrogens (tertiary/aromatic N) is 15. The molecule has 0 bridgehead atoms. The predicted molar refractivity (Wildman–Crippen MR) is 454 cm³/mol. The third-order valence-electron chi connectivity index (χ3n) is 23.1. The van der Waals surface area contributed by atoms with E-state index in [2.05, 4.69) is 99.3 Å². The first-order valence-corrected chi connectivity index (χ1v) is 41.2. The SMILES string of the molecule is C.C#CCOc1ccc(CN2CCC(c3cc(=O)[nH]c(N4CCCC4)n3)CC2)cc1.CN(C)c1ncc(CN2CCC(c3cc(=O)[nH]c(N4CCCC4)n3)CC2)cn1.COc1cc(CN2CCC(c3cc(=O)[nH]c(N4CCCC4)n3)CC2)cc(OC)c1O.COc1cccc(CN2CCCC(c3cc(=O)[nH]c(N4CCOCC4)n3)C2)c1. The lowest BCUT2D eigenvalue weighted by atomic mass is 9.93. The first kappa shape index (κ1) is 85.0. The number of benzene rings is 3. The van der Waals surface area contributed by atoms with E-state index in [4.69, 9.17) is 50.0 Å². The van der Waals surface area contributed by atoms with Gasteiger partial charge in [0.25, 0.3) is 22.2 Å². The molecule has 5 N–H and O–H groups in total. The Hall–Kier alpha value is -10.4. The summed E-state index contributed by atoms with van der Waals surface area (Å²) in [5.74, 6) is 9.95. The van der Waals surface area contributed by atoms with Crippen molar-refractivity contribution in [1.29, 1.82) is 0 Å². The Morgan fingerprint density at radius 1 is 0.448 bits per heavy atom. The van der Waals surface area contributed by atoms with Crippen LogP contribution in [0.4, 0.5) is 29.7 Å². The van der Waals surface area contributed by atoms with E-state index in [1.807, 2.05) is 67.8 Å². The van der Waals surface area contributed by atoms with Gasteiger partial charge in [-0.2, -0.15) is 0 Å². The number of anilines is 5. The minimum absolute atomic E-state index is 0. The third-order valence-corrected chi connectivity index (χ3v) is 23.1. The van der Waals surface area contributed by atoms with Crippen LogP contribution in [-0.2, 0) is 30.9 Å². The molecule has 3 aromatic carbocycles. The molecule has 0 spiro atoms. The standard InChI is InChI=1S/C23H28N4O2.C22H30N4O4.C21H28N4O3.C20H29N7O.CH4/c1-2-15-29-20-7-5-18(6-8-20)17-26-13-9-19(10-14-26)21-16-22(28)25-23(24-21)27-11-3-4-12-27;1-29-18-11-15(12-19(30-2)21(18)28)14-25-9-5-16(6-10-25)17-13-20(27)24-22(23-17)26-7-3-4-8-26;1-27-18-6-2-4-16(12-18)14-24-7-3-5-17(15-24)19-13-20(26)23-21(22-19)25-8-10-28-11-9-25;1-25(2)19-21-12-15(13-22-19)14-26-9-5-16(6-10-26)17-11-18(28)24-20(23-17)27-7-3-4-8-27;/h1,5-8,16,19H,3-4,9-15,17H2,(H,24,25,28);11-13,16,28H,3-10,14H2,1-2H3,(H,23,24,27);2,4,6,12-13,17H,3,5,7-11,14-15H2,1H3,(H,22,23,26);11-13,16H,3-10,14H2,1-2H3,(H,23,24,28);1H4. The fraction of sp³-hybridized carbons (Fsp3) is 0.540. The number of H-pyrrole nitrogens is 4. The second-order valence-corrected chi connectivity index (χ2v) is 31.5. The van der Waals surface area contributed by atoms with Crippen LogP contribution in [0.1, 0.15) is 166 Å². The predicted octanol–water partition coefficient (Wildman–Crippen LogP) is 9.47. The highest BCUT2D eigenvalue weighted by Gasteiger charge is 2.30. The monoisotopic (exact) mass is 1590 g/mol. The van der Waals surface area contributed by atoms with Crippen LogP contribution in [0.15, 0.2) is 117 Å². The molecule has 116 heavy (non-hydrogen) atoms. The number of rotatable bonds is 22. The lowest BCUT2D eigenvalue weighted by Gasteiger charge is -2.33. The molecule has 8 aromatic rings. The Morgan fingerprint density at radius 2 is 0.853 bits per heavy atom. The first-order chi connectivity index (χ1) is 56.1. The summed E-state index contributed by atoms with van der Waals surface area (Å²) in [4.78, 5) is 109. The van der Waals surface area contributed by atoms with Crippen molar-refractivity contribution < 1.29 is 28.8 Å². The van der Waals surface area contributed by atoms with Gasteiger partial charge in [-0.15, -0.1) is 6.42 Å². The Labute approximate surface area is 681 Å². The van der Waals surface area contributed by atoms with E-state index < -0.39 is 0 Å². The van der Waals surface area contributed by atoms with Gasteiger partial charge < -0.3 is 53.3 Å². The number of ether oxygens (including phenoxy) is 5. The van der Waals surface area contributed by atoms with Crippen molar-refractivity contribution in [2.24, 2.45) is 0 Å². The van der Waals surface area contributed by atoms with Crippen molar-refractivity contribution in [3.05, 3.63) is 184 Å². The van der Waals surface area contributed by atoms with Crippen LogP contribution in [-0.4, -0.2) is 235 Å². The second-order valence-electron chi connectivity index (χ2n) is 31.5. The molecule has 0 radical (unpaired) electrons. The lowest BCUT2D eigenvalue weighted by molar-refractivity contribution is 0.122. The van der Waals surface area contributed by atoms with Crippen molar-refractivity contribution in [3.63, 3.8) is 0 Å². The maximum Gasteiger partial charge on any atom is 0.252 e. The van der Waals surface area contributed by atoms with Crippen molar-refractivity contribution in [1.82, 2.24) is 69.4 Å². The van der Waals surface area contributed by atoms with Crippen molar-refractivity contribution in [2.75, 3.05) is 184 Å². The number of terminal acetylenes is 1. The van der Waals surface area contributed by atoms with Gasteiger partial charge in [0.05, 0.1) is 57.3 Å². The van der Waals surface area contributed by atoms with E-state index in [1.165, 1.54) is 51.0 Å². The molecule has 5 aromatic heterocycles. The Kier molecular flexibility index (Phi) is 30.7. The molecule has 0 amide bonds. The van der Waals surface area contributed by atoms with Gasteiger partial charge in [0.1, 0.15) is 18.1 Å². The van der Waals surface area contributed by atoms with Crippen LogP contribution < -0.4 is 65.7 Å². The number of likely N-dealkylation sites (tertiary alicyclic amines) is 4. The summed E-state index contributed by atoms with van der Waals surface area (Å²) in [5.41, 5.74) is 8.18. The quantitative estimate of drug-likeness (QED) is 0.0394. The molecule has 1 unspecified atom stereocenters. The number of aromatic hydroxyl groups is 1. The number of aromatic amines is 4. The van der Waals surface area contributed by atoms with Crippen molar-refractivity contribution in [3.8, 4) is 41.1 Å². The molecule has 8 aliphatic heterocycles. The minimum atomic E-state index is -0.0728. The van der Waals surface area contributed by atoms with E-state index in [0.717, 1.165) is 264 Å². The molecular formula is C87H119N19O10. The van der Waals surface area contributed by atoms with Crippen LogP contribution in [0.3, 0.4) is 0 Å². The molecule has 0 saturated carbocycles. The van der Waals surface area contributed by atoms with Crippen LogP contribution in [0, 0.1) is 12.3 Å². The molecule has 29 heteroatoms. The number of phenolic OH excluding ortho intramolecular Hbond substituents is 1. The van der Waals surface area contributed by atoms with E-state index in [-0.39, 0.29) is 41.3 Å². The Morgan fingerprint density at radius 3 is 1.27 bits per heavy atom. The zero-order valence-corrected chi connectivity index (χ0v) is 67.6. The number of piperidine rings is 4. The molecular weight excluding hydrogens is 1470 g/mol. The average Bonchev–Trinajstić information content (AvgIpc) is 1.33. The largest absolute Gasteiger partial charge is 0.502 e. The first-order valence-electron chi connectivity index (χ1n) is 41.2. The maximum atomic E-state index is 12.3. The molecule has 8 saturated heterocycles. The van der Waals surface area contributed by atoms with E-state index >= 15 is 0 Å². The van der Waals surface area contributed by atoms with E-state index in [9.17, 15) is 24.3 Å². The molecule has 16 rings (SSSR count). The smallest absolute Gasteiger partial charge is 0.252 e. The van der Waals surface area contributed by atoms with Gasteiger partial charge >= 0.3 is 0 Å².